The summed E-state index contributed by atoms with van der Waals surface area (Å²) in [4.78, 5) is 12.5. The van der Waals surface area contributed by atoms with E-state index >= 15 is 0 Å². The highest BCUT2D eigenvalue weighted by Crippen LogP contribution is 2.33. The van der Waals surface area contributed by atoms with Crippen LogP contribution in [0.1, 0.15) is 4.88 Å². The molecule has 1 aromatic heterocycles. The minimum atomic E-state index is 0.795. The molecule has 0 aliphatic heterocycles. The molecule has 0 aliphatic carbocycles. The smallest absolute Gasteiger partial charge is 0.142 e. The first kappa shape index (κ1) is 11.2. The summed E-state index contributed by atoms with van der Waals surface area (Å²) in [7, 11) is 0. The number of allylic oxidation sites excluding steroid dienone is 1. The highest BCUT2D eigenvalue weighted by atomic mass is 32.2. The molecule has 0 saturated heterocycles. The molecule has 2 rings (SSSR count). The number of rotatable bonds is 4. The number of hydrogen-bond donors (Lipinski definition) is 0. The summed E-state index contributed by atoms with van der Waals surface area (Å²) in [6.45, 7) is 0. The molecule has 0 unspecified atom stereocenters. The lowest BCUT2D eigenvalue weighted by Gasteiger charge is -1.95. The Hall–Kier alpha value is -1.32. The van der Waals surface area contributed by atoms with Crippen molar-refractivity contribution in [2.24, 2.45) is 0 Å². The van der Waals surface area contributed by atoms with Gasteiger partial charge in [0.2, 0.25) is 0 Å². The molecule has 1 nitrogen and oxygen atoms in total. The zero-order valence-electron chi connectivity index (χ0n) is 8.50. The first-order valence-corrected chi connectivity index (χ1v) is 6.46. The summed E-state index contributed by atoms with van der Waals surface area (Å²) in [5, 5.41) is 0. The minimum absolute atomic E-state index is 0.795. The van der Waals surface area contributed by atoms with Gasteiger partial charge in [0.05, 0.1) is 4.21 Å². The van der Waals surface area contributed by atoms with Crippen LogP contribution < -0.4 is 0 Å². The van der Waals surface area contributed by atoms with Crippen molar-refractivity contribution in [2.75, 3.05) is 0 Å². The van der Waals surface area contributed by atoms with Crippen LogP contribution in [0.15, 0.2) is 57.6 Å². The van der Waals surface area contributed by atoms with Crippen molar-refractivity contribution >= 4 is 35.5 Å². The predicted octanol–water partition coefficient (Wildman–Crippen LogP) is 4.11. The molecule has 0 amide bonds. The Kier molecular flexibility index (Phi) is 3.97. The summed E-state index contributed by atoms with van der Waals surface area (Å²) in [6.07, 6.45) is 4.14. The molecule has 80 valence electrons. The number of thiophene rings is 1. The van der Waals surface area contributed by atoms with Crippen LogP contribution in [0.3, 0.4) is 0 Å². The molecule has 16 heavy (non-hydrogen) atoms. The van der Waals surface area contributed by atoms with E-state index in [9.17, 15) is 4.79 Å². The van der Waals surface area contributed by atoms with Gasteiger partial charge in [0.25, 0.3) is 0 Å². The summed E-state index contributed by atoms with van der Waals surface area (Å²) in [5.74, 6) is 0. The van der Waals surface area contributed by atoms with Crippen LogP contribution in [0.4, 0.5) is 0 Å². The first-order valence-electron chi connectivity index (χ1n) is 4.83. The lowest BCUT2D eigenvalue weighted by atomic mass is 10.4. The predicted molar refractivity (Wildman–Crippen MR) is 70.0 cm³/mol. The van der Waals surface area contributed by atoms with Crippen LogP contribution in [0.25, 0.3) is 6.08 Å². The Morgan fingerprint density at radius 1 is 1.06 bits per heavy atom. The van der Waals surface area contributed by atoms with Gasteiger partial charge in [-0.1, -0.05) is 30.0 Å². The molecule has 0 aliphatic rings. The van der Waals surface area contributed by atoms with Gasteiger partial charge in [-0.3, -0.25) is 4.79 Å². The molecular weight excluding hydrogens is 236 g/mol. The fourth-order valence-electron chi connectivity index (χ4n) is 1.22. The maximum atomic E-state index is 10.2. The van der Waals surface area contributed by atoms with Crippen molar-refractivity contribution < 1.29 is 4.79 Å². The third kappa shape index (κ3) is 3.08. The molecule has 1 aromatic carbocycles. The highest BCUT2D eigenvalue weighted by molar-refractivity contribution is 8.01. The Labute approximate surface area is 103 Å². The van der Waals surface area contributed by atoms with Crippen molar-refractivity contribution in [3.8, 4) is 0 Å². The van der Waals surface area contributed by atoms with Crippen LogP contribution in [-0.4, -0.2) is 6.29 Å². The second-order valence-corrected chi connectivity index (χ2v) is 5.56. The first-order chi connectivity index (χ1) is 7.88. The highest BCUT2D eigenvalue weighted by Gasteiger charge is 1.99. The maximum Gasteiger partial charge on any atom is 0.142 e. The van der Waals surface area contributed by atoms with Crippen LogP contribution in [0.5, 0.6) is 0 Å². The number of carbonyl (C=O) groups excluding carboxylic acids is 1. The van der Waals surface area contributed by atoms with Crippen molar-refractivity contribution in [3.05, 3.63) is 53.4 Å². The third-order valence-corrected chi connectivity index (χ3v) is 4.09. The number of aldehydes is 1. The molecule has 0 saturated carbocycles. The molecule has 0 N–H and O–H groups in total. The van der Waals surface area contributed by atoms with E-state index in [1.165, 1.54) is 15.2 Å². The second-order valence-electron chi connectivity index (χ2n) is 3.07. The van der Waals surface area contributed by atoms with E-state index in [0.717, 1.165) is 11.2 Å². The van der Waals surface area contributed by atoms with E-state index in [-0.39, 0.29) is 0 Å². The van der Waals surface area contributed by atoms with E-state index in [0.29, 0.717) is 0 Å². The van der Waals surface area contributed by atoms with Crippen molar-refractivity contribution in [1.82, 2.24) is 0 Å². The van der Waals surface area contributed by atoms with Crippen LogP contribution in [-0.2, 0) is 4.79 Å². The summed E-state index contributed by atoms with van der Waals surface area (Å²) >= 11 is 3.42. The lowest BCUT2D eigenvalue weighted by Crippen LogP contribution is -1.65. The monoisotopic (exact) mass is 246 g/mol. The largest absolute Gasteiger partial charge is 0.299 e. The molecule has 1 heterocycles. The molecular formula is C13H10OS2. The summed E-state index contributed by atoms with van der Waals surface area (Å²) in [6, 6.07) is 14.3. The van der Waals surface area contributed by atoms with Crippen LogP contribution >= 0.6 is 23.1 Å². The van der Waals surface area contributed by atoms with Gasteiger partial charge in [0.15, 0.2) is 0 Å². The van der Waals surface area contributed by atoms with E-state index < -0.39 is 0 Å². The van der Waals surface area contributed by atoms with E-state index in [2.05, 4.69) is 18.2 Å². The molecule has 3 heteroatoms. The Morgan fingerprint density at radius 3 is 2.62 bits per heavy atom. The Balaban J connectivity index is 2.08. The van der Waals surface area contributed by atoms with Gasteiger partial charge in [-0.15, -0.1) is 11.3 Å². The standard InChI is InChI=1S/C13H10OS2/c14-10-4-7-12-8-9-13(16-12)15-11-5-2-1-3-6-11/h1-10H. The summed E-state index contributed by atoms with van der Waals surface area (Å²) < 4.78 is 1.23. The average molecular weight is 246 g/mol. The molecule has 0 spiro atoms. The van der Waals surface area contributed by atoms with Crippen molar-refractivity contribution in [3.63, 3.8) is 0 Å². The SMILES string of the molecule is O=CC=Cc1ccc(Sc2ccccc2)s1. The van der Waals surface area contributed by atoms with Gasteiger partial charge < -0.3 is 0 Å². The fourth-order valence-corrected chi connectivity index (χ4v) is 3.27. The Morgan fingerprint density at radius 2 is 1.88 bits per heavy atom. The lowest BCUT2D eigenvalue weighted by molar-refractivity contribution is -0.104. The van der Waals surface area contributed by atoms with Gasteiger partial charge in [0, 0.05) is 9.77 Å². The quantitative estimate of drug-likeness (QED) is 0.596. The molecule has 0 radical (unpaired) electrons. The molecule has 2 aromatic rings. The second kappa shape index (κ2) is 5.68. The van der Waals surface area contributed by atoms with E-state index in [1.54, 1.807) is 23.1 Å². The molecule has 0 fully saturated rings. The van der Waals surface area contributed by atoms with Gasteiger partial charge in [0.1, 0.15) is 6.29 Å². The van der Waals surface area contributed by atoms with E-state index in [4.69, 9.17) is 0 Å². The summed E-state index contributed by atoms with van der Waals surface area (Å²) in [5.41, 5.74) is 0. The zero-order chi connectivity index (χ0) is 11.2. The van der Waals surface area contributed by atoms with E-state index in [1.807, 2.05) is 30.3 Å². The normalized spacial score (nSPS) is 10.8. The fraction of sp³-hybridized carbons (Fsp3) is 0. The zero-order valence-corrected chi connectivity index (χ0v) is 10.1. The average Bonchev–Trinajstić information content (AvgIpc) is 2.75. The van der Waals surface area contributed by atoms with Crippen LogP contribution in [0, 0.1) is 0 Å². The van der Waals surface area contributed by atoms with Gasteiger partial charge in [-0.05, 0) is 36.4 Å². The number of benzene rings is 1. The minimum Gasteiger partial charge on any atom is -0.299 e. The number of hydrogen-bond acceptors (Lipinski definition) is 3. The Bertz CT molecular complexity index is 486. The third-order valence-electron chi connectivity index (χ3n) is 1.90. The topological polar surface area (TPSA) is 17.1 Å². The van der Waals surface area contributed by atoms with Gasteiger partial charge >= 0.3 is 0 Å². The van der Waals surface area contributed by atoms with Crippen LogP contribution in [0.2, 0.25) is 0 Å². The maximum absolute atomic E-state index is 10.2. The molecule has 0 atom stereocenters. The number of carbonyl (C=O) groups is 1. The molecule has 0 bridgehead atoms. The van der Waals surface area contributed by atoms with Crippen molar-refractivity contribution in [1.29, 1.82) is 0 Å². The van der Waals surface area contributed by atoms with Crippen molar-refractivity contribution in [2.45, 2.75) is 9.10 Å². The van der Waals surface area contributed by atoms with Gasteiger partial charge in [-0.2, -0.15) is 0 Å². The van der Waals surface area contributed by atoms with Gasteiger partial charge in [-0.25, -0.2) is 0 Å².